The topological polar surface area (TPSA) is 123 Å². The number of esters is 1. The zero-order chi connectivity index (χ0) is 16.2. The average molecular weight is 324 g/mol. The van der Waals surface area contributed by atoms with Crippen molar-refractivity contribution in [3.05, 3.63) is 21.9 Å². The third-order valence-corrected chi connectivity index (χ3v) is 4.25. The number of rotatable bonds is 6. The molecule has 0 bridgehead atoms. The second-order valence-corrected chi connectivity index (χ2v) is 5.37. The molecular formula is C12H16N6O3S. The van der Waals surface area contributed by atoms with Crippen molar-refractivity contribution < 1.29 is 14.3 Å². The predicted molar refractivity (Wildman–Crippen MR) is 77.4 cm³/mol. The van der Waals surface area contributed by atoms with E-state index in [2.05, 4.69) is 35.7 Å². The Bertz CT molecular complexity index is 650. The summed E-state index contributed by atoms with van der Waals surface area (Å²) in [6.45, 7) is 3.84. The minimum atomic E-state index is -0.737. The molecule has 2 aromatic rings. The van der Waals surface area contributed by atoms with Gasteiger partial charge in [0.05, 0.1) is 7.11 Å². The van der Waals surface area contributed by atoms with Gasteiger partial charge in [-0.1, -0.05) is 19.1 Å². The minimum Gasteiger partial charge on any atom is -0.464 e. The van der Waals surface area contributed by atoms with Crippen LogP contribution in [0.1, 0.15) is 52.8 Å². The summed E-state index contributed by atoms with van der Waals surface area (Å²) in [5, 5.41) is 18.4. The number of nitrogens with one attached hydrogen (secondary N) is 2. The first-order chi connectivity index (χ1) is 10.6. The molecule has 118 valence electrons. The van der Waals surface area contributed by atoms with Gasteiger partial charge in [0.15, 0.2) is 5.82 Å². The maximum absolute atomic E-state index is 12.4. The zero-order valence-corrected chi connectivity index (χ0v) is 13.2. The molecular weight excluding hydrogens is 308 g/mol. The Kier molecular flexibility index (Phi) is 4.81. The number of methoxy groups -OCH3 is 1. The summed E-state index contributed by atoms with van der Waals surface area (Å²) in [6.07, 6.45) is 1.17. The predicted octanol–water partition coefficient (Wildman–Crippen LogP) is 0.888. The lowest BCUT2D eigenvalue weighted by Gasteiger charge is -2.28. The largest absolute Gasteiger partial charge is 0.464 e. The van der Waals surface area contributed by atoms with E-state index in [1.54, 1.807) is 0 Å². The van der Waals surface area contributed by atoms with Gasteiger partial charge in [-0.05, 0) is 12.8 Å². The highest BCUT2D eigenvalue weighted by molar-refractivity contribution is 7.11. The number of thiazole rings is 1. The number of hydrogen-bond donors (Lipinski definition) is 2. The van der Waals surface area contributed by atoms with Gasteiger partial charge in [-0.3, -0.25) is 4.79 Å². The van der Waals surface area contributed by atoms with E-state index in [4.69, 9.17) is 0 Å². The van der Waals surface area contributed by atoms with E-state index in [0.29, 0.717) is 18.7 Å². The van der Waals surface area contributed by atoms with Crippen molar-refractivity contribution in [2.24, 2.45) is 0 Å². The van der Waals surface area contributed by atoms with Crippen LogP contribution in [0.5, 0.6) is 0 Å². The Morgan fingerprint density at radius 2 is 2.14 bits per heavy atom. The summed E-state index contributed by atoms with van der Waals surface area (Å²) in [6, 6.07) is 0. The summed E-state index contributed by atoms with van der Waals surface area (Å²) in [5.74, 6) is -0.561. The molecule has 0 atom stereocenters. The van der Waals surface area contributed by atoms with Crippen molar-refractivity contribution in [3.8, 4) is 0 Å². The van der Waals surface area contributed by atoms with Gasteiger partial charge in [-0.2, -0.15) is 5.21 Å². The molecule has 0 aliphatic rings. The average Bonchev–Trinajstić information content (AvgIpc) is 3.22. The fourth-order valence-corrected chi connectivity index (χ4v) is 2.72. The number of carbonyl (C=O) groups excluding carboxylic acids is 2. The first kappa shape index (κ1) is 16.0. The molecule has 0 spiro atoms. The van der Waals surface area contributed by atoms with Crippen LogP contribution in [0.4, 0.5) is 0 Å². The van der Waals surface area contributed by atoms with E-state index in [0.717, 1.165) is 11.3 Å². The van der Waals surface area contributed by atoms with E-state index >= 15 is 0 Å². The SMILES string of the molecule is CCC(CC)(NC(=O)c1csc(C(=O)OC)n1)c1nn[nH]n1. The molecule has 9 nitrogen and oxygen atoms in total. The number of amides is 1. The highest BCUT2D eigenvalue weighted by Gasteiger charge is 2.35. The molecule has 2 N–H and O–H groups in total. The number of H-pyrrole nitrogens is 1. The van der Waals surface area contributed by atoms with Crippen LogP contribution in [0.25, 0.3) is 0 Å². The molecule has 22 heavy (non-hydrogen) atoms. The van der Waals surface area contributed by atoms with Gasteiger partial charge >= 0.3 is 5.97 Å². The first-order valence-corrected chi connectivity index (χ1v) is 7.54. The number of aromatic amines is 1. The molecule has 0 unspecified atom stereocenters. The molecule has 1 amide bonds. The van der Waals surface area contributed by atoms with Gasteiger partial charge < -0.3 is 10.1 Å². The molecule has 0 aliphatic heterocycles. The third kappa shape index (κ3) is 2.96. The van der Waals surface area contributed by atoms with E-state index in [-0.39, 0.29) is 10.7 Å². The van der Waals surface area contributed by atoms with Crippen molar-refractivity contribution in [1.82, 2.24) is 30.9 Å². The number of carbonyl (C=O) groups is 2. The van der Waals surface area contributed by atoms with Crippen LogP contribution in [0.2, 0.25) is 0 Å². The van der Waals surface area contributed by atoms with Crippen molar-refractivity contribution in [2.45, 2.75) is 32.2 Å². The summed E-state index contributed by atoms with van der Waals surface area (Å²) in [7, 11) is 1.26. The number of tetrazole rings is 1. The molecule has 0 saturated carbocycles. The Balaban J connectivity index is 2.22. The zero-order valence-electron chi connectivity index (χ0n) is 12.4. The number of ether oxygens (including phenoxy) is 1. The van der Waals surface area contributed by atoms with E-state index in [9.17, 15) is 9.59 Å². The van der Waals surface area contributed by atoms with Crippen LogP contribution in [0.15, 0.2) is 5.38 Å². The van der Waals surface area contributed by atoms with Crippen LogP contribution in [0, 0.1) is 0 Å². The number of nitrogens with zero attached hydrogens (tertiary/aromatic N) is 4. The molecule has 0 fully saturated rings. The van der Waals surface area contributed by atoms with Crippen molar-refractivity contribution in [3.63, 3.8) is 0 Å². The van der Waals surface area contributed by atoms with Gasteiger partial charge in [-0.25, -0.2) is 9.78 Å². The molecule has 2 heterocycles. The maximum atomic E-state index is 12.4. The van der Waals surface area contributed by atoms with Crippen molar-refractivity contribution in [2.75, 3.05) is 7.11 Å². The smallest absolute Gasteiger partial charge is 0.367 e. The normalized spacial score (nSPS) is 11.2. The van der Waals surface area contributed by atoms with Crippen LogP contribution >= 0.6 is 11.3 Å². The summed E-state index contributed by atoms with van der Waals surface area (Å²) in [4.78, 5) is 27.8. The van der Waals surface area contributed by atoms with Crippen LogP contribution in [-0.4, -0.2) is 44.6 Å². The second-order valence-electron chi connectivity index (χ2n) is 4.51. The second kappa shape index (κ2) is 6.60. The van der Waals surface area contributed by atoms with Gasteiger partial charge in [0.1, 0.15) is 11.2 Å². The molecule has 2 rings (SSSR count). The fourth-order valence-electron chi connectivity index (χ4n) is 2.00. The van der Waals surface area contributed by atoms with Crippen molar-refractivity contribution >= 4 is 23.2 Å². The lowest BCUT2D eigenvalue weighted by atomic mass is 9.91. The minimum absolute atomic E-state index is 0.130. The van der Waals surface area contributed by atoms with Gasteiger partial charge in [-0.15, -0.1) is 21.5 Å². The molecule has 0 saturated heterocycles. The van der Waals surface area contributed by atoms with Crippen LogP contribution in [0.3, 0.4) is 0 Å². The lowest BCUT2D eigenvalue weighted by Crippen LogP contribution is -2.46. The summed E-state index contributed by atoms with van der Waals surface area (Å²) >= 11 is 1.05. The van der Waals surface area contributed by atoms with Crippen LogP contribution < -0.4 is 5.32 Å². The number of aromatic nitrogens is 5. The Morgan fingerprint density at radius 1 is 1.41 bits per heavy atom. The Labute approximate surface area is 130 Å². The summed E-state index contributed by atoms with van der Waals surface area (Å²) < 4.78 is 4.58. The molecule has 0 aliphatic carbocycles. The number of hydrogen-bond acceptors (Lipinski definition) is 8. The van der Waals surface area contributed by atoms with Gasteiger partial charge in [0, 0.05) is 5.38 Å². The quantitative estimate of drug-likeness (QED) is 0.756. The first-order valence-electron chi connectivity index (χ1n) is 6.66. The maximum Gasteiger partial charge on any atom is 0.367 e. The van der Waals surface area contributed by atoms with E-state index in [1.165, 1.54) is 12.5 Å². The van der Waals surface area contributed by atoms with E-state index in [1.807, 2.05) is 13.8 Å². The molecule has 0 radical (unpaired) electrons. The van der Waals surface area contributed by atoms with Crippen LogP contribution in [-0.2, 0) is 10.3 Å². The van der Waals surface area contributed by atoms with Gasteiger partial charge in [0.2, 0.25) is 5.01 Å². The van der Waals surface area contributed by atoms with E-state index < -0.39 is 17.4 Å². The third-order valence-electron chi connectivity index (χ3n) is 3.43. The Morgan fingerprint density at radius 3 is 2.68 bits per heavy atom. The highest BCUT2D eigenvalue weighted by Crippen LogP contribution is 2.25. The van der Waals surface area contributed by atoms with Gasteiger partial charge in [0.25, 0.3) is 5.91 Å². The molecule has 0 aromatic carbocycles. The monoisotopic (exact) mass is 324 g/mol. The fraction of sp³-hybridized carbons (Fsp3) is 0.500. The lowest BCUT2D eigenvalue weighted by molar-refractivity contribution is 0.0600. The standard InChI is InChI=1S/C12H16N6O3S/c1-4-12(5-2,11-15-17-18-16-11)14-8(19)7-6-22-9(13-7)10(20)21-3/h6H,4-5H2,1-3H3,(H,14,19)(H,15,16,17,18). The summed E-state index contributed by atoms with van der Waals surface area (Å²) in [5.41, 5.74) is -0.584. The highest BCUT2D eigenvalue weighted by atomic mass is 32.1. The van der Waals surface area contributed by atoms with Crippen molar-refractivity contribution in [1.29, 1.82) is 0 Å². The molecule has 10 heteroatoms. The Hall–Kier alpha value is -2.36. The molecule has 2 aromatic heterocycles.